The molecule has 2 aromatic rings. The molecule has 0 N–H and O–H groups in total. The molecule has 0 bridgehead atoms. The average molecular weight is 349 g/mol. The minimum atomic E-state index is -4.18. The van der Waals surface area contributed by atoms with Gasteiger partial charge in [0.1, 0.15) is 6.10 Å². The van der Waals surface area contributed by atoms with Gasteiger partial charge in [-0.3, -0.25) is 9.97 Å². The summed E-state index contributed by atoms with van der Waals surface area (Å²) >= 11 is 0. The molecular weight excluding hydrogens is 339 g/mol. The van der Waals surface area contributed by atoms with Crippen LogP contribution < -0.4 is 0 Å². The van der Waals surface area contributed by atoms with Gasteiger partial charge in [-0.05, 0) is 35.4 Å². The molecular formula is C12H10MnN2O5S. The number of pyridine rings is 2. The van der Waals surface area contributed by atoms with Gasteiger partial charge in [0.15, 0.2) is 6.10 Å². The summed E-state index contributed by atoms with van der Waals surface area (Å²) in [7, 11) is -4.18. The Kier molecular flexibility index (Phi) is 5.04. The van der Waals surface area contributed by atoms with Gasteiger partial charge in [-0.15, -0.1) is 0 Å². The van der Waals surface area contributed by atoms with E-state index in [1.165, 1.54) is 0 Å². The minimum Gasteiger partial charge on any atom is -0.265 e. The van der Waals surface area contributed by atoms with Gasteiger partial charge in [-0.1, -0.05) is 4.33 Å². The van der Waals surface area contributed by atoms with Crippen molar-refractivity contribution in [1.82, 2.24) is 9.97 Å². The van der Waals surface area contributed by atoms with Crippen molar-refractivity contribution in [2.24, 2.45) is 0 Å². The Morgan fingerprint density at radius 2 is 1.33 bits per heavy atom. The van der Waals surface area contributed by atoms with E-state index in [1.54, 1.807) is 49.1 Å². The molecule has 1 aliphatic rings. The molecule has 21 heavy (non-hydrogen) atoms. The Hall–Kier alpha value is -1.35. The quantitative estimate of drug-likeness (QED) is 0.599. The van der Waals surface area contributed by atoms with Crippen LogP contribution in [0.5, 0.6) is 0 Å². The zero-order valence-electron chi connectivity index (χ0n) is 10.5. The molecule has 111 valence electrons. The maximum atomic E-state index is 11.4. The summed E-state index contributed by atoms with van der Waals surface area (Å²) < 4.78 is 32.1. The van der Waals surface area contributed by atoms with Crippen molar-refractivity contribution in [1.29, 1.82) is 0 Å². The third-order valence-corrected chi connectivity index (χ3v) is 3.48. The first-order chi connectivity index (χ1) is 9.66. The minimum absolute atomic E-state index is 0. The summed E-state index contributed by atoms with van der Waals surface area (Å²) in [4.78, 5) is 12.8. The first-order valence-corrected chi connectivity index (χ1v) is 7.07. The molecule has 0 aliphatic carbocycles. The van der Waals surface area contributed by atoms with Crippen LogP contribution in [0, 0.1) is 0 Å². The van der Waals surface area contributed by atoms with E-state index in [0.717, 1.165) is 0 Å². The van der Waals surface area contributed by atoms with Gasteiger partial charge >= 0.3 is 10.4 Å². The SMILES string of the molecule is O=S1(=O)OOC(c2ccncc2)C(c2ccncc2)O1.[Mn]. The first-order valence-electron chi connectivity index (χ1n) is 5.74. The fourth-order valence-corrected chi connectivity index (χ4v) is 2.58. The van der Waals surface area contributed by atoms with Gasteiger partial charge in [0.25, 0.3) is 0 Å². The molecule has 2 aromatic heterocycles. The fraction of sp³-hybridized carbons (Fsp3) is 0.167. The van der Waals surface area contributed by atoms with Crippen LogP contribution in [0.25, 0.3) is 0 Å². The number of nitrogens with zero attached hydrogens (tertiary/aromatic N) is 2. The van der Waals surface area contributed by atoms with Crippen molar-refractivity contribution in [3.05, 3.63) is 60.2 Å². The Morgan fingerprint density at radius 1 is 0.857 bits per heavy atom. The van der Waals surface area contributed by atoms with Gasteiger partial charge < -0.3 is 0 Å². The molecule has 3 rings (SSSR count). The molecule has 9 heteroatoms. The standard InChI is InChI=1S/C12H10N2O5S.Mn/c15-20(16)18-12(10-3-7-14-8-4-10)11(17-19-20)9-1-5-13-6-2-9;/h1-8,11-12H;. The third kappa shape index (κ3) is 3.65. The number of rotatable bonds is 2. The maximum absolute atomic E-state index is 11.4. The van der Waals surface area contributed by atoms with E-state index in [4.69, 9.17) is 9.07 Å². The monoisotopic (exact) mass is 349 g/mol. The van der Waals surface area contributed by atoms with E-state index >= 15 is 0 Å². The van der Waals surface area contributed by atoms with E-state index < -0.39 is 22.6 Å². The van der Waals surface area contributed by atoms with Crippen molar-refractivity contribution in [3.63, 3.8) is 0 Å². The second-order valence-corrected chi connectivity index (χ2v) is 5.22. The van der Waals surface area contributed by atoms with E-state index in [2.05, 4.69) is 14.3 Å². The topological polar surface area (TPSA) is 87.6 Å². The van der Waals surface area contributed by atoms with Crippen molar-refractivity contribution >= 4 is 10.4 Å². The molecule has 0 spiro atoms. The van der Waals surface area contributed by atoms with Crippen LogP contribution in [0.3, 0.4) is 0 Å². The Bertz CT molecular complexity index is 683. The molecule has 7 nitrogen and oxygen atoms in total. The molecule has 1 radical (unpaired) electrons. The molecule has 2 unspecified atom stereocenters. The van der Waals surface area contributed by atoms with Crippen LogP contribution in [-0.2, 0) is 40.9 Å². The summed E-state index contributed by atoms with van der Waals surface area (Å²) in [5, 5.41) is 0. The molecule has 2 atom stereocenters. The van der Waals surface area contributed by atoms with E-state index in [1.807, 2.05) is 0 Å². The smallest absolute Gasteiger partial charge is 0.265 e. The number of hydrogen-bond acceptors (Lipinski definition) is 7. The van der Waals surface area contributed by atoms with Gasteiger partial charge in [-0.25, -0.2) is 9.07 Å². The zero-order chi connectivity index (χ0) is 14.0. The first kappa shape index (κ1) is 16.0. The molecule has 0 saturated carbocycles. The van der Waals surface area contributed by atoms with E-state index in [-0.39, 0.29) is 17.1 Å². The maximum Gasteiger partial charge on any atom is 0.427 e. The Labute approximate surface area is 132 Å². The summed E-state index contributed by atoms with van der Waals surface area (Å²) in [6.07, 6.45) is 4.68. The van der Waals surface area contributed by atoms with Gasteiger partial charge in [0, 0.05) is 41.9 Å². The van der Waals surface area contributed by atoms with Gasteiger partial charge in [0.05, 0.1) is 0 Å². The third-order valence-electron chi connectivity index (χ3n) is 2.79. The van der Waals surface area contributed by atoms with Crippen LogP contribution in [-0.4, -0.2) is 18.4 Å². The van der Waals surface area contributed by atoms with E-state index in [0.29, 0.717) is 11.1 Å². The predicted octanol–water partition coefficient (Wildman–Crippen LogP) is 1.48. The normalized spacial score (nSPS) is 24.0. The molecule has 0 aromatic carbocycles. The molecule has 1 fully saturated rings. The Morgan fingerprint density at radius 3 is 1.86 bits per heavy atom. The molecule has 3 heterocycles. The van der Waals surface area contributed by atoms with Crippen LogP contribution in [0.2, 0.25) is 0 Å². The van der Waals surface area contributed by atoms with E-state index in [9.17, 15) is 8.42 Å². The molecule has 0 amide bonds. The van der Waals surface area contributed by atoms with Crippen LogP contribution in [0.4, 0.5) is 0 Å². The van der Waals surface area contributed by atoms with Gasteiger partial charge in [0.2, 0.25) is 0 Å². The molecule has 1 saturated heterocycles. The van der Waals surface area contributed by atoms with Crippen LogP contribution in [0.15, 0.2) is 49.1 Å². The Balaban J connectivity index is 0.00000161. The number of hydrogen-bond donors (Lipinski definition) is 0. The predicted molar refractivity (Wildman–Crippen MR) is 66.1 cm³/mol. The fourth-order valence-electron chi connectivity index (χ4n) is 1.90. The second-order valence-electron chi connectivity index (χ2n) is 4.07. The summed E-state index contributed by atoms with van der Waals surface area (Å²) in [6.45, 7) is 0. The van der Waals surface area contributed by atoms with Crippen LogP contribution in [0.1, 0.15) is 23.3 Å². The van der Waals surface area contributed by atoms with Gasteiger partial charge in [-0.2, -0.15) is 8.42 Å². The zero-order valence-corrected chi connectivity index (χ0v) is 12.5. The van der Waals surface area contributed by atoms with Crippen molar-refractivity contribution < 1.29 is 38.9 Å². The second kappa shape index (κ2) is 6.61. The number of aromatic nitrogens is 2. The van der Waals surface area contributed by atoms with Crippen LogP contribution >= 0.6 is 0 Å². The summed E-state index contributed by atoms with van der Waals surface area (Å²) in [5.41, 5.74) is 1.31. The summed E-state index contributed by atoms with van der Waals surface area (Å²) in [6, 6.07) is 6.71. The van der Waals surface area contributed by atoms with Crippen molar-refractivity contribution in [3.8, 4) is 0 Å². The summed E-state index contributed by atoms with van der Waals surface area (Å²) in [5.74, 6) is 0. The van der Waals surface area contributed by atoms with Crippen molar-refractivity contribution in [2.45, 2.75) is 12.2 Å². The van der Waals surface area contributed by atoms with Crippen molar-refractivity contribution in [2.75, 3.05) is 0 Å². The average Bonchev–Trinajstić information content (AvgIpc) is 2.48. The molecule has 1 aliphatic heterocycles. The largest absolute Gasteiger partial charge is 0.427 e.